The standard InChI is InChI=1S/C14H16F2N2O3/c1-2-18(10-4-5-10)13(19)8-17-9-3-6-11-12(7-9)21-14(15,16)20-11/h3,6-7,10,17H,2,4-5,8H2,1H3. The number of amides is 1. The number of halogens is 2. The van der Waals surface area contributed by atoms with Crippen molar-refractivity contribution in [3.63, 3.8) is 0 Å². The molecule has 1 aromatic carbocycles. The van der Waals surface area contributed by atoms with E-state index in [9.17, 15) is 13.6 Å². The number of hydrogen-bond acceptors (Lipinski definition) is 4. The van der Waals surface area contributed by atoms with E-state index in [-0.39, 0.29) is 24.0 Å². The molecule has 0 spiro atoms. The quantitative estimate of drug-likeness (QED) is 0.907. The van der Waals surface area contributed by atoms with Crippen molar-refractivity contribution in [1.29, 1.82) is 0 Å². The van der Waals surface area contributed by atoms with Crippen molar-refractivity contribution in [2.75, 3.05) is 18.4 Å². The van der Waals surface area contributed by atoms with Gasteiger partial charge in [0.1, 0.15) is 0 Å². The Balaban J connectivity index is 1.60. The molecule has 0 saturated heterocycles. The second-order valence-corrected chi connectivity index (χ2v) is 5.09. The molecule has 0 unspecified atom stereocenters. The first-order valence-corrected chi connectivity index (χ1v) is 6.92. The number of fused-ring (bicyclic) bond motifs is 1. The molecule has 0 bridgehead atoms. The summed E-state index contributed by atoms with van der Waals surface area (Å²) in [4.78, 5) is 13.9. The van der Waals surface area contributed by atoms with Crippen LogP contribution in [0.15, 0.2) is 18.2 Å². The van der Waals surface area contributed by atoms with Crippen molar-refractivity contribution >= 4 is 11.6 Å². The normalized spacial score (nSPS) is 18.4. The van der Waals surface area contributed by atoms with E-state index in [1.165, 1.54) is 12.1 Å². The molecule has 114 valence electrons. The first kappa shape index (κ1) is 13.9. The predicted octanol–water partition coefficient (Wildman–Crippen LogP) is 2.43. The minimum Gasteiger partial charge on any atom is -0.395 e. The maximum Gasteiger partial charge on any atom is 0.586 e. The zero-order valence-corrected chi connectivity index (χ0v) is 11.6. The third-order valence-electron chi connectivity index (χ3n) is 3.49. The van der Waals surface area contributed by atoms with Gasteiger partial charge in [0.15, 0.2) is 11.5 Å². The molecular formula is C14H16F2N2O3. The van der Waals surface area contributed by atoms with Gasteiger partial charge in [0.25, 0.3) is 0 Å². The van der Waals surface area contributed by atoms with Crippen molar-refractivity contribution in [2.45, 2.75) is 32.1 Å². The van der Waals surface area contributed by atoms with E-state index in [2.05, 4.69) is 14.8 Å². The van der Waals surface area contributed by atoms with E-state index >= 15 is 0 Å². The third kappa shape index (κ3) is 3.01. The highest BCUT2D eigenvalue weighted by atomic mass is 19.3. The van der Waals surface area contributed by atoms with Crippen LogP contribution in [-0.4, -0.2) is 36.2 Å². The fraction of sp³-hybridized carbons (Fsp3) is 0.500. The van der Waals surface area contributed by atoms with Crippen molar-refractivity contribution in [1.82, 2.24) is 4.90 Å². The molecule has 0 aromatic heterocycles. The zero-order valence-electron chi connectivity index (χ0n) is 11.6. The van der Waals surface area contributed by atoms with Gasteiger partial charge < -0.3 is 19.7 Å². The summed E-state index contributed by atoms with van der Waals surface area (Å²) in [6.45, 7) is 2.75. The third-order valence-corrected chi connectivity index (χ3v) is 3.49. The minimum atomic E-state index is -3.62. The van der Waals surface area contributed by atoms with Crippen LogP contribution < -0.4 is 14.8 Å². The second-order valence-electron chi connectivity index (χ2n) is 5.09. The SMILES string of the molecule is CCN(C(=O)CNc1ccc2c(c1)OC(F)(F)O2)C1CC1. The lowest BCUT2D eigenvalue weighted by molar-refractivity contribution is -0.286. The van der Waals surface area contributed by atoms with E-state index in [0.29, 0.717) is 18.3 Å². The maximum atomic E-state index is 12.9. The highest BCUT2D eigenvalue weighted by Gasteiger charge is 2.43. The Hall–Kier alpha value is -2.05. The highest BCUT2D eigenvalue weighted by molar-refractivity contribution is 5.81. The topological polar surface area (TPSA) is 50.8 Å². The van der Waals surface area contributed by atoms with Crippen LogP contribution in [0, 0.1) is 0 Å². The molecule has 1 amide bonds. The van der Waals surface area contributed by atoms with Gasteiger partial charge in [-0.15, -0.1) is 8.78 Å². The molecule has 2 aliphatic rings. The number of alkyl halides is 2. The largest absolute Gasteiger partial charge is 0.586 e. The number of nitrogens with one attached hydrogen (secondary N) is 1. The number of ether oxygens (including phenoxy) is 2. The van der Waals surface area contributed by atoms with Crippen LogP contribution in [0.3, 0.4) is 0 Å². The van der Waals surface area contributed by atoms with Crippen LogP contribution in [-0.2, 0) is 4.79 Å². The molecule has 1 heterocycles. The van der Waals surface area contributed by atoms with Crippen LogP contribution in [0.5, 0.6) is 11.5 Å². The molecule has 3 rings (SSSR count). The number of benzene rings is 1. The van der Waals surface area contributed by atoms with E-state index in [4.69, 9.17) is 0 Å². The molecule has 5 nitrogen and oxygen atoms in total. The summed E-state index contributed by atoms with van der Waals surface area (Å²) in [7, 11) is 0. The maximum absolute atomic E-state index is 12.9. The zero-order chi connectivity index (χ0) is 15.0. The molecule has 7 heteroatoms. The summed E-state index contributed by atoms with van der Waals surface area (Å²) in [5.74, 6) is -0.0416. The average Bonchev–Trinajstić information content (AvgIpc) is 3.19. The van der Waals surface area contributed by atoms with Crippen molar-refractivity contribution in [3.05, 3.63) is 18.2 Å². The van der Waals surface area contributed by atoms with Crippen LogP contribution in [0.1, 0.15) is 19.8 Å². The number of likely N-dealkylation sites (N-methyl/N-ethyl adjacent to an activating group) is 1. The number of hydrogen-bond donors (Lipinski definition) is 1. The van der Waals surface area contributed by atoms with Gasteiger partial charge in [-0.1, -0.05) is 0 Å². The molecule has 1 aromatic rings. The van der Waals surface area contributed by atoms with Crippen LogP contribution in [0.4, 0.5) is 14.5 Å². The average molecular weight is 298 g/mol. The van der Waals surface area contributed by atoms with E-state index in [0.717, 1.165) is 12.8 Å². The Bertz CT molecular complexity index is 561. The van der Waals surface area contributed by atoms with Crippen molar-refractivity contribution < 1.29 is 23.0 Å². The molecule has 0 radical (unpaired) electrons. The Kier molecular flexibility index (Phi) is 3.35. The molecule has 21 heavy (non-hydrogen) atoms. The Morgan fingerprint density at radius 3 is 2.76 bits per heavy atom. The monoisotopic (exact) mass is 298 g/mol. The number of anilines is 1. The lowest BCUT2D eigenvalue weighted by Crippen LogP contribution is -2.37. The Labute approximate surface area is 120 Å². The molecule has 1 fully saturated rings. The van der Waals surface area contributed by atoms with Gasteiger partial charge >= 0.3 is 6.29 Å². The Morgan fingerprint density at radius 1 is 1.38 bits per heavy atom. The number of carbonyl (C=O) groups excluding carboxylic acids is 1. The molecule has 0 atom stereocenters. The Morgan fingerprint density at radius 2 is 2.10 bits per heavy atom. The van der Waals surface area contributed by atoms with E-state index in [1.54, 1.807) is 6.07 Å². The number of carbonyl (C=O) groups is 1. The molecule has 1 N–H and O–H groups in total. The van der Waals surface area contributed by atoms with Crippen molar-refractivity contribution in [3.8, 4) is 11.5 Å². The van der Waals surface area contributed by atoms with Gasteiger partial charge in [-0.25, -0.2) is 0 Å². The van der Waals surface area contributed by atoms with Gasteiger partial charge in [0.05, 0.1) is 6.54 Å². The fourth-order valence-corrected chi connectivity index (χ4v) is 2.36. The number of nitrogens with zero attached hydrogens (tertiary/aromatic N) is 1. The van der Waals surface area contributed by atoms with Crippen LogP contribution in [0.2, 0.25) is 0 Å². The first-order chi connectivity index (χ1) is 9.98. The van der Waals surface area contributed by atoms with Gasteiger partial charge in [-0.05, 0) is 31.9 Å². The second kappa shape index (κ2) is 5.05. The summed E-state index contributed by atoms with van der Waals surface area (Å²) in [6.07, 6.45) is -1.51. The molecule has 1 aliphatic heterocycles. The summed E-state index contributed by atoms with van der Waals surface area (Å²) in [5, 5.41) is 2.93. The summed E-state index contributed by atoms with van der Waals surface area (Å²) in [5.41, 5.74) is 0.537. The van der Waals surface area contributed by atoms with Crippen LogP contribution in [0.25, 0.3) is 0 Å². The summed E-state index contributed by atoms with van der Waals surface area (Å²) < 4.78 is 34.5. The van der Waals surface area contributed by atoms with Gasteiger partial charge in [-0.2, -0.15) is 0 Å². The smallest absolute Gasteiger partial charge is 0.395 e. The van der Waals surface area contributed by atoms with Crippen LogP contribution >= 0.6 is 0 Å². The molecule has 1 saturated carbocycles. The summed E-state index contributed by atoms with van der Waals surface area (Å²) >= 11 is 0. The van der Waals surface area contributed by atoms with Gasteiger partial charge in [-0.3, -0.25) is 4.79 Å². The van der Waals surface area contributed by atoms with E-state index < -0.39 is 6.29 Å². The van der Waals surface area contributed by atoms with Gasteiger partial charge in [0, 0.05) is 24.3 Å². The number of rotatable bonds is 5. The summed E-state index contributed by atoms with van der Waals surface area (Å²) in [6, 6.07) is 4.72. The fourth-order valence-electron chi connectivity index (χ4n) is 2.36. The minimum absolute atomic E-state index is 0.00277. The molecule has 1 aliphatic carbocycles. The lowest BCUT2D eigenvalue weighted by Gasteiger charge is -2.20. The van der Waals surface area contributed by atoms with Gasteiger partial charge in [0.2, 0.25) is 5.91 Å². The lowest BCUT2D eigenvalue weighted by atomic mass is 10.2. The highest BCUT2D eigenvalue weighted by Crippen LogP contribution is 2.42. The van der Waals surface area contributed by atoms with E-state index in [1.807, 2.05) is 11.8 Å². The molecular weight excluding hydrogens is 282 g/mol. The predicted molar refractivity (Wildman–Crippen MR) is 71.5 cm³/mol. The van der Waals surface area contributed by atoms with Crippen molar-refractivity contribution in [2.24, 2.45) is 0 Å². The first-order valence-electron chi connectivity index (χ1n) is 6.92.